The molecule has 9 nitrogen and oxygen atoms in total. The van der Waals surface area contributed by atoms with Crippen LogP contribution in [-0.4, -0.2) is 52.4 Å². The zero-order valence-corrected chi connectivity index (χ0v) is 59.1. The van der Waals surface area contributed by atoms with Gasteiger partial charge in [0.1, 0.15) is 5.52 Å². The van der Waals surface area contributed by atoms with E-state index in [1.54, 1.807) is 0 Å². The summed E-state index contributed by atoms with van der Waals surface area (Å²) in [5.41, 5.74) is 37.5. The van der Waals surface area contributed by atoms with Gasteiger partial charge in [-0.1, -0.05) is 295 Å². The SMILES string of the molecule is c1ccc(-c2ccccc2B2c3ccccc3N3c4cc5c6c(c4Oc4cccc2c43)n2c3cccc(-c4ccc(B7c8ccccc8-n8c9c7cc7c(c%10cccc%11c%12ccccc%12n7c%11%10)c9n7c9ccccc9nc87)c(-c7ccccc7)c4)c3nc2n6-c2ccccc2B5c2ccccc2-c2ccccc2)cc1. The van der Waals surface area contributed by atoms with E-state index < -0.39 is 0 Å². The van der Waals surface area contributed by atoms with Crippen LogP contribution < -0.4 is 58.8 Å². The van der Waals surface area contributed by atoms with Gasteiger partial charge in [0.25, 0.3) is 0 Å². The fraction of sp³-hybridized carbons (Fsp3) is 0. The molecule has 12 heteroatoms. The number of ether oxygens (including phenoxy) is 1. The highest BCUT2D eigenvalue weighted by atomic mass is 16.5. The van der Waals surface area contributed by atoms with Gasteiger partial charge < -0.3 is 14.0 Å². The van der Waals surface area contributed by atoms with E-state index in [1.165, 1.54) is 121 Å². The molecule has 16 aromatic carbocycles. The van der Waals surface area contributed by atoms with E-state index in [1.807, 2.05) is 0 Å². The normalized spacial score (nSPS) is 13.3. The average molecular weight is 1400 g/mol. The number of aromatic nitrogens is 7. The maximum absolute atomic E-state index is 7.85. The Hall–Kier alpha value is -14.3. The first kappa shape index (κ1) is 58.9. The number of anilines is 3. The molecule has 0 saturated carbocycles. The Morgan fingerprint density at radius 1 is 0.264 bits per heavy atom. The molecule has 0 amide bonds. The number of rotatable bonds is 7. The summed E-state index contributed by atoms with van der Waals surface area (Å²) in [6, 6.07) is 128. The summed E-state index contributed by atoms with van der Waals surface area (Å²) in [6.45, 7) is -0.485. The number of fused-ring (bicyclic) bond motifs is 26. The molecule has 0 aliphatic carbocycles. The summed E-state index contributed by atoms with van der Waals surface area (Å²) < 4.78 is 20.2. The van der Waals surface area contributed by atoms with Crippen molar-refractivity contribution in [3.8, 4) is 67.4 Å². The van der Waals surface area contributed by atoms with Gasteiger partial charge in [-0.2, -0.15) is 0 Å². The molecule has 0 atom stereocenters. The lowest BCUT2D eigenvalue weighted by Gasteiger charge is -2.42. The van der Waals surface area contributed by atoms with Crippen molar-refractivity contribution in [1.82, 2.24) is 32.3 Å². The van der Waals surface area contributed by atoms with Gasteiger partial charge in [-0.25, -0.2) is 9.97 Å². The van der Waals surface area contributed by atoms with Crippen molar-refractivity contribution in [3.63, 3.8) is 0 Å². The van der Waals surface area contributed by atoms with Crippen molar-refractivity contribution in [2.24, 2.45) is 0 Å². The molecule has 0 saturated heterocycles. The Morgan fingerprint density at radius 3 is 1.46 bits per heavy atom. The van der Waals surface area contributed by atoms with Crippen molar-refractivity contribution in [2.75, 3.05) is 4.90 Å². The molecule has 0 unspecified atom stereocenters. The first-order valence-corrected chi connectivity index (χ1v) is 38.1. The van der Waals surface area contributed by atoms with Crippen LogP contribution in [0.15, 0.2) is 346 Å². The van der Waals surface area contributed by atoms with Crippen LogP contribution in [0.25, 0.3) is 150 Å². The minimum atomic E-state index is -0.196. The van der Waals surface area contributed by atoms with E-state index >= 15 is 0 Å². The Kier molecular flexibility index (Phi) is 11.6. The second-order valence-corrected chi connectivity index (χ2v) is 30.1. The van der Waals surface area contributed by atoms with Gasteiger partial charge >= 0.3 is 0 Å². The molecule has 0 radical (unpaired) electrons. The van der Waals surface area contributed by atoms with Crippen molar-refractivity contribution < 1.29 is 4.74 Å². The van der Waals surface area contributed by atoms with Gasteiger partial charge in [0.15, 0.2) is 11.5 Å². The summed E-state index contributed by atoms with van der Waals surface area (Å²) in [5.74, 6) is 3.31. The first-order chi connectivity index (χ1) is 54.7. The molecule has 0 N–H and O–H groups in total. The van der Waals surface area contributed by atoms with Gasteiger partial charge in [0, 0.05) is 44.2 Å². The van der Waals surface area contributed by atoms with E-state index in [0.29, 0.717) is 0 Å². The van der Waals surface area contributed by atoms with E-state index in [4.69, 9.17) is 14.7 Å². The second kappa shape index (κ2) is 21.7. The molecule has 6 aromatic heterocycles. The summed E-state index contributed by atoms with van der Waals surface area (Å²) in [5, 5.41) is 4.99. The molecule has 10 heterocycles. The van der Waals surface area contributed by atoms with Gasteiger partial charge in [-0.05, 0) is 138 Å². The zero-order chi connectivity index (χ0) is 71.3. The molecule has 504 valence electrons. The minimum absolute atomic E-state index is 0.0971. The van der Waals surface area contributed by atoms with Crippen molar-refractivity contribution >= 4 is 180 Å². The average Bonchev–Trinajstić information content (AvgIpc) is 1.45. The summed E-state index contributed by atoms with van der Waals surface area (Å²) >= 11 is 0. The predicted octanol–water partition coefficient (Wildman–Crippen LogP) is 17.1. The van der Waals surface area contributed by atoms with Gasteiger partial charge in [-0.15, -0.1) is 0 Å². The number of imidazole rings is 4. The highest BCUT2D eigenvalue weighted by molar-refractivity contribution is 7.00. The molecule has 0 spiro atoms. The van der Waals surface area contributed by atoms with Crippen LogP contribution in [0.2, 0.25) is 0 Å². The topological polar surface area (TPSA) is 61.3 Å². The van der Waals surface area contributed by atoms with Crippen LogP contribution >= 0.6 is 0 Å². The van der Waals surface area contributed by atoms with Crippen molar-refractivity contribution in [1.29, 1.82) is 0 Å². The van der Waals surface area contributed by atoms with E-state index in [0.717, 1.165) is 107 Å². The lowest BCUT2D eigenvalue weighted by atomic mass is 9.34. The van der Waals surface area contributed by atoms with Gasteiger partial charge in [-0.3, -0.25) is 17.9 Å². The molecule has 110 heavy (non-hydrogen) atoms. The fourth-order valence-electron chi connectivity index (χ4n) is 20.5. The minimum Gasteiger partial charge on any atom is -0.451 e. The van der Waals surface area contributed by atoms with Crippen LogP contribution in [0.5, 0.6) is 11.5 Å². The van der Waals surface area contributed by atoms with Crippen molar-refractivity contribution in [3.05, 3.63) is 346 Å². The number of hydrogen-bond donors (Lipinski definition) is 0. The predicted molar refractivity (Wildman–Crippen MR) is 457 cm³/mol. The molecular formula is C98H57B3N8O. The van der Waals surface area contributed by atoms with Crippen LogP contribution in [0, 0.1) is 0 Å². The van der Waals surface area contributed by atoms with Crippen LogP contribution in [0.3, 0.4) is 0 Å². The number of hydrogen-bond acceptors (Lipinski definition) is 4. The summed E-state index contributed by atoms with van der Waals surface area (Å²) in [7, 11) is 0. The second-order valence-electron chi connectivity index (χ2n) is 30.1. The Morgan fingerprint density at radius 2 is 0.755 bits per heavy atom. The van der Waals surface area contributed by atoms with Crippen LogP contribution in [0.4, 0.5) is 17.1 Å². The molecule has 22 aromatic rings. The monoisotopic (exact) mass is 1390 g/mol. The Bertz CT molecular complexity index is 7810. The smallest absolute Gasteiger partial charge is 0.247 e. The van der Waals surface area contributed by atoms with E-state index in [9.17, 15) is 0 Å². The third-order valence-corrected chi connectivity index (χ3v) is 24.8. The maximum atomic E-state index is 7.85. The van der Waals surface area contributed by atoms with Gasteiger partial charge in [0.2, 0.25) is 31.7 Å². The summed E-state index contributed by atoms with van der Waals surface area (Å²) in [4.78, 5) is 14.2. The van der Waals surface area contributed by atoms with Gasteiger partial charge in [0.05, 0.1) is 66.5 Å². The molecule has 26 rings (SSSR count). The largest absolute Gasteiger partial charge is 0.451 e. The number of para-hydroxylation sites is 9. The maximum Gasteiger partial charge on any atom is 0.247 e. The quantitative estimate of drug-likeness (QED) is 0.149. The van der Waals surface area contributed by atoms with Crippen LogP contribution in [-0.2, 0) is 0 Å². The summed E-state index contributed by atoms with van der Waals surface area (Å²) in [6.07, 6.45) is 0. The lowest BCUT2D eigenvalue weighted by molar-refractivity contribution is 0.482. The number of nitrogens with zero attached hydrogens (tertiary/aromatic N) is 8. The molecule has 0 bridgehead atoms. The van der Waals surface area contributed by atoms with Crippen LogP contribution in [0.1, 0.15) is 0 Å². The Labute approximate surface area is 631 Å². The van der Waals surface area contributed by atoms with E-state index in [2.05, 4.69) is 373 Å². The molecule has 4 aliphatic rings. The molecular weight excluding hydrogens is 1340 g/mol. The number of benzene rings is 16. The highest BCUT2D eigenvalue weighted by Crippen LogP contribution is 2.55. The fourth-order valence-corrected chi connectivity index (χ4v) is 20.5. The van der Waals surface area contributed by atoms with Crippen molar-refractivity contribution in [2.45, 2.75) is 0 Å². The molecule has 4 aliphatic heterocycles. The lowest BCUT2D eigenvalue weighted by Crippen LogP contribution is -2.58. The zero-order valence-electron chi connectivity index (χ0n) is 59.1. The third kappa shape index (κ3) is 7.58. The highest BCUT2D eigenvalue weighted by Gasteiger charge is 2.46. The first-order valence-electron chi connectivity index (χ1n) is 38.1. The third-order valence-electron chi connectivity index (χ3n) is 24.8. The Balaban J connectivity index is 0.729. The molecule has 0 fully saturated rings. The van der Waals surface area contributed by atoms with E-state index in [-0.39, 0.29) is 20.1 Å². The standard InChI is InChI=1S/C98H57B3N8O/c1-4-27-58(28-5-1)62-33-10-13-39-69(62)99-72-41-15-20-47-80(72)105-86-57-77-93-95(96(86)110-87-52-26-44-75(99)91(87)105)109-84-51-25-36-64(89(84)103-98(109)107(93)82-49-22-16-42-73(82)100(77)70-40-14-11-34-63(70)59-29-6-2-7-30-59)61-53-54-71(68(55-61)60-31-8-3-9-32-60)101-74-43-17-21-48-81(74)106-92-76(101)56-85-88(94(92)108-83-50-23-18-45-78(83)102-97(106)108)67-38-24-37-66-65-35-12-19-46-79(65)104(85)90(66)67/h1-57H.